The molecule has 0 radical (unpaired) electrons. The summed E-state index contributed by atoms with van der Waals surface area (Å²) in [7, 11) is 0. The van der Waals surface area contributed by atoms with Gasteiger partial charge < -0.3 is 0 Å². The number of carbonyl (C=O) groups is 1. The zero-order chi connectivity index (χ0) is 11.3. The van der Waals surface area contributed by atoms with Crippen molar-refractivity contribution in [1.82, 2.24) is 0 Å². The number of hydrogen-bond donors (Lipinski definition) is 0. The van der Waals surface area contributed by atoms with Crippen LogP contribution in [0.3, 0.4) is 0 Å². The summed E-state index contributed by atoms with van der Waals surface area (Å²) in [6.07, 6.45) is 9.51. The monoisotopic (exact) mass is 206 g/mol. The second kappa shape index (κ2) is 5.89. The Bertz CT molecular complexity index is 243. The molecular formula is C14H22O. The molecule has 0 aliphatic heterocycles. The molecule has 0 bridgehead atoms. The first kappa shape index (κ1) is 12.2. The molecule has 0 spiro atoms. The van der Waals surface area contributed by atoms with Crippen LogP contribution in [0.4, 0.5) is 0 Å². The summed E-state index contributed by atoms with van der Waals surface area (Å²) < 4.78 is 0. The Morgan fingerprint density at radius 2 is 2.00 bits per heavy atom. The van der Waals surface area contributed by atoms with Gasteiger partial charge in [0.25, 0.3) is 0 Å². The molecule has 0 saturated heterocycles. The molecular weight excluding hydrogens is 184 g/mol. The second-order valence-corrected chi connectivity index (χ2v) is 4.90. The first-order valence-electron chi connectivity index (χ1n) is 6.02. The van der Waals surface area contributed by atoms with E-state index in [4.69, 9.17) is 0 Å². The van der Waals surface area contributed by atoms with Crippen molar-refractivity contribution in [2.24, 2.45) is 11.8 Å². The van der Waals surface area contributed by atoms with Gasteiger partial charge in [-0.1, -0.05) is 52.2 Å². The molecule has 1 nitrogen and oxygen atoms in total. The highest BCUT2D eigenvalue weighted by Crippen LogP contribution is 2.25. The lowest BCUT2D eigenvalue weighted by Crippen LogP contribution is -2.08. The van der Waals surface area contributed by atoms with Crippen molar-refractivity contribution in [3.63, 3.8) is 0 Å². The van der Waals surface area contributed by atoms with Gasteiger partial charge in [-0.05, 0) is 24.0 Å². The number of unbranched alkanes of at least 4 members (excludes halogenated alkanes) is 2. The fraction of sp³-hybridized carbons (Fsp3) is 0.643. The van der Waals surface area contributed by atoms with E-state index in [1.165, 1.54) is 19.3 Å². The summed E-state index contributed by atoms with van der Waals surface area (Å²) in [4.78, 5) is 11.4. The average molecular weight is 206 g/mol. The van der Waals surface area contributed by atoms with Crippen LogP contribution in [0.2, 0.25) is 0 Å². The van der Waals surface area contributed by atoms with Crippen LogP contribution in [0, 0.1) is 11.8 Å². The molecule has 0 amide bonds. The minimum absolute atomic E-state index is 0.101. The minimum Gasteiger partial charge on any atom is -0.294 e. The molecule has 0 saturated carbocycles. The van der Waals surface area contributed by atoms with Gasteiger partial charge in [0, 0.05) is 5.92 Å². The number of ketones is 1. The summed E-state index contributed by atoms with van der Waals surface area (Å²) >= 11 is 0. The van der Waals surface area contributed by atoms with E-state index < -0.39 is 0 Å². The van der Waals surface area contributed by atoms with E-state index in [0.29, 0.717) is 0 Å². The molecule has 0 aromatic carbocycles. The lowest BCUT2D eigenvalue weighted by Gasteiger charge is -2.09. The van der Waals surface area contributed by atoms with Gasteiger partial charge in [-0.15, -0.1) is 0 Å². The summed E-state index contributed by atoms with van der Waals surface area (Å²) in [5.74, 6) is 1.16. The largest absolute Gasteiger partial charge is 0.294 e. The van der Waals surface area contributed by atoms with Crippen LogP contribution in [-0.4, -0.2) is 5.78 Å². The molecule has 1 heteroatoms. The highest BCUT2D eigenvalue weighted by atomic mass is 16.1. The third-order valence-corrected chi connectivity index (χ3v) is 3.03. The summed E-state index contributed by atoms with van der Waals surface area (Å²) in [5, 5.41) is 0. The number of hydrogen-bond acceptors (Lipinski definition) is 1. The quantitative estimate of drug-likeness (QED) is 0.602. The zero-order valence-electron chi connectivity index (χ0n) is 9.96. The van der Waals surface area contributed by atoms with Gasteiger partial charge >= 0.3 is 0 Å². The van der Waals surface area contributed by atoms with E-state index in [9.17, 15) is 4.79 Å². The maximum absolute atomic E-state index is 11.4. The molecule has 1 aliphatic rings. The van der Waals surface area contributed by atoms with E-state index in [2.05, 4.69) is 20.4 Å². The number of allylic oxidation sites excluding steroid dienone is 3. The van der Waals surface area contributed by atoms with Crippen molar-refractivity contribution < 1.29 is 4.79 Å². The van der Waals surface area contributed by atoms with Crippen molar-refractivity contribution in [2.45, 2.75) is 46.0 Å². The fourth-order valence-corrected chi connectivity index (χ4v) is 2.01. The van der Waals surface area contributed by atoms with Crippen LogP contribution in [0.5, 0.6) is 0 Å². The van der Waals surface area contributed by atoms with Crippen molar-refractivity contribution in [3.8, 4) is 0 Å². The smallest absolute Gasteiger partial charge is 0.163 e. The van der Waals surface area contributed by atoms with Gasteiger partial charge in [-0.2, -0.15) is 0 Å². The molecule has 0 heterocycles. The van der Waals surface area contributed by atoms with E-state index in [-0.39, 0.29) is 11.7 Å². The van der Waals surface area contributed by atoms with Crippen molar-refractivity contribution in [2.75, 3.05) is 0 Å². The van der Waals surface area contributed by atoms with Gasteiger partial charge in [-0.3, -0.25) is 4.79 Å². The van der Waals surface area contributed by atoms with E-state index in [1.54, 1.807) is 6.08 Å². The van der Waals surface area contributed by atoms with Gasteiger partial charge in [0.1, 0.15) is 0 Å². The third kappa shape index (κ3) is 4.03. The van der Waals surface area contributed by atoms with Crippen LogP contribution < -0.4 is 0 Å². The Morgan fingerprint density at radius 3 is 2.53 bits per heavy atom. The van der Waals surface area contributed by atoms with Crippen LogP contribution in [0.25, 0.3) is 0 Å². The van der Waals surface area contributed by atoms with Crippen LogP contribution in [0.1, 0.15) is 46.0 Å². The lowest BCUT2D eigenvalue weighted by atomic mass is 9.94. The number of carbonyl (C=O) groups excluding carboxylic acids is 1. The van der Waals surface area contributed by atoms with Crippen molar-refractivity contribution >= 4 is 5.78 Å². The lowest BCUT2D eigenvalue weighted by molar-refractivity contribution is -0.116. The number of rotatable bonds is 6. The minimum atomic E-state index is 0.101. The molecule has 0 unspecified atom stereocenters. The van der Waals surface area contributed by atoms with E-state index in [1.807, 2.05) is 6.08 Å². The Balaban J connectivity index is 2.10. The normalized spacial score (nSPS) is 20.6. The SMILES string of the molecule is C=C1C=CC(=O)[C@@H]1CCCCCC(C)C. The van der Waals surface area contributed by atoms with Gasteiger partial charge in [0.2, 0.25) is 0 Å². The molecule has 0 fully saturated rings. The summed E-state index contributed by atoms with van der Waals surface area (Å²) in [6.45, 7) is 8.42. The Hall–Kier alpha value is -0.850. The van der Waals surface area contributed by atoms with E-state index >= 15 is 0 Å². The highest BCUT2D eigenvalue weighted by molar-refractivity contribution is 5.97. The maximum atomic E-state index is 11.4. The first-order valence-corrected chi connectivity index (χ1v) is 6.02. The molecule has 0 N–H and O–H groups in total. The van der Waals surface area contributed by atoms with Gasteiger partial charge in [0.15, 0.2) is 5.78 Å². The highest BCUT2D eigenvalue weighted by Gasteiger charge is 2.22. The topological polar surface area (TPSA) is 17.1 Å². The molecule has 1 aliphatic carbocycles. The average Bonchev–Trinajstić information content (AvgIpc) is 2.47. The zero-order valence-corrected chi connectivity index (χ0v) is 9.96. The van der Waals surface area contributed by atoms with Gasteiger partial charge in [-0.25, -0.2) is 0 Å². The molecule has 1 rings (SSSR count). The van der Waals surface area contributed by atoms with Crippen molar-refractivity contribution in [1.29, 1.82) is 0 Å². The Morgan fingerprint density at radius 1 is 1.27 bits per heavy atom. The summed E-state index contributed by atoms with van der Waals surface area (Å²) in [6, 6.07) is 0. The molecule has 15 heavy (non-hydrogen) atoms. The molecule has 0 aromatic rings. The van der Waals surface area contributed by atoms with Crippen LogP contribution in [0.15, 0.2) is 24.3 Å². The second-order valence-electron chi connectivity index (χ2n) is 4.90. The molecule has 0 aromatic heterocycles. The van der Waals surface area contributed by atoms with Crippen LogP contribution in [-0.2, 0) is 4.79 Å². The Labute approximate surface area is 93.3 Å². The first-order chi connectivity index (χ1) is 7.11. The predicted octanol–water partition coefficient (Wildman–Crippen LogP) is 3.90. The Kier molecular flexibility index (Phi) is 4.80. The van der Waals surface area contributed by atoms with Crippen molar-refractivity contribution in [3.05, 3.63) is 24.3 Å². The standard InChI is InChI=1S/C14H22O/c1-11(2)7-5-4-6-8-13-12(3)9-10-14(13)15/h9-11,13H,3-8H2,1-2H3/t13-/m1/s1. The van der Waals surface area contributed by atoms with E-state index in [0.717, 1.165) is 24.3 Å². The van der Waals surface area contributed by atoms with Crippen LogP contribution >= 0.6 is 0 Å². The molecule has 84 valence electrons. The summed E-state index contributed by atoms with van der Waals surface area (Å²) in [5.41, 5.74) is 1.00. The van der Waals surface area contributed by atoms with Gasteiger partial charge in [0.05, 0.1) is 0 Å². The predicted molar refractivity (Wildman–Crippen MR) is 64.7 cm³/mol. The molecule has 1 atom stereocenters. The third-order valence-electron chi connectivity index (χ3n) is 3.03. The fourth-order valence-electron chi connectivity index (χ4n) is 2.01. The maximum Gasteiger partial charge on any atom is 0.163 e.